The fraction of sp³-hybridized carbons (Fsp3) is 0.574. The van der Waals surface area contributed by atoms with Crippen LogP contribution in [-0.2, 0) is 70.4 Å². The fourth-order valence-electron chi connectivity index (χ4n) is 9.27. The van der Waals surface area contributed by atoms with Crippen LogP contribution in [0.5, 0.6) is 0 Å². The standard InChI is InChI=1S/C61H102N22O14/c1-35(75-48(87)33-74-59(97)50(37(3)85)83-57(95)45(29-39-18-8-5-9-19-39)77-49(88)32-73-47(86)31-70-30-40(64)28-38-16-6-4-7-17-38)52(90)79-44(23-15-27-72-61(68)69)55(93)81-42(21-11-13-25-63)56(94)82-46(34-84)58(96)76-36(2)53(91)80-43(22-14-26-71-60(66)67)54(92)78-41(51(65)89)20-10-12-24-62/h4-9,16-19,35-37,40-46,50,70,84-85H,10-15,20-34,62-64H2,1-3H3,(H2,65,89)(H,73,86)(H,74,97)(H,75,87)(H,76,96)(H,77,88)(H,78,92)(H,79,90)(H,80,91)(H,81,93)(H,82,94)(H,83,95)(H4,66,67,71)(H4,68,69,72)/t35-,36-,37+,40-,41-,42-,43-,44-,45-,46-,50-/m0/s1. The van der Waals surface area contributed by atoms with Crippen molar-refractivity contribution in [3.05, 3.63) is 71.8 Å². The second-order valence-electron chi connectivity index (χ2n) is 23.0. The molecular weight excluding hydrogens is 1260 g/mol. The smallest absolute Gasteiger partial charge is 0.245 e. The fourth-order valence-corrected chi connectivity index (χ4v) is 9.27. The Hall–Kier alpha value is -9.62. The first kappa shape index (κ1) is 83.5. The summed E-state index contributed by atoms with van der Waals surface area (Å²) in [6.45, 7) is 2.11. The average molecular weight is 1370 g/mol. The van der Waals surface area contributed by atoms with Crippen molar-refractivity contribution in [2.24, 2.45) is 55.9 Å². The molecule has 0 radical (unpaired) electrons. The lowest BCUT2D eigenvalue weighted by atomic mass is 10.0. The van der Waals surface area contributed by atoms with Gasteiger partial charge in [-0.05, 0) is 116 Å². The third-order valence-corrected chi connectivity index (χ3v) is 14.6. The number of hydrogen-bond acceptors (Lipinski definition) is 20. The maximum Gasteiger partial charge on any atom is 0.245 e. The van der Waals surface area contributed by atoms with E-state index in [1.807, 2.05) is 30.3 Å². The van der Waals surface area contributed by atoms with Crippen molar-refractivity contribution in [2.45, 2.75) is 164 Å². The number of nitrogens with zero attached hydrogens (tertiary/aromatic N) is 2. The summed E-state index contributed by atoms with van der Waals surface area (Å²) in [6, 6.07) is 4.97. The van der Waals surface area contributed by atoms with Gasteiger partial charge in [-0.15, -0.1) is 0 Å². The molecule has 0 aliphatic rings. The Labute approximate surface area is 563 Å². The van der Waals surface area contributed by atoms with Gasteiger partial charge in [-0.2, -0.15) is 0 Å². The van der Waals surface area contributed by atoms with Crippen molar-refractivity contribution in [3.8, 4) is 0 Å². The van der Waals surface area contributed by atoms with Gasteiger partial charge >= 0.3 is 0 Å². The molecule has 97 heavy (non-hydrogen) atoms. The molecule has 540 valence electrons. The Morgan fingerprint density at radius 2 is 0.845 bits per heavy atom. The van der Waals surface area contributed by atoms with E-state index in [-0.39, 0.29) is 95.5 Å². The first-order valence-electron chi connectivity index (χ1n) is 32.0. The summed E-state index contributed by atoms with van der Waals surface area (Å²) in [5.74, 6) is -11.0. The van der Waals surface area contributed by atoms with Crippen LogP contribution in [0.25, 0.3) is 0 Å². The number of nitrogens with one attached hydrogen (secondary N) is 12. The third-order valence-electron chi connectivity index (χ3n) is 14.6. The molecule has 0 aromatic heterocycles. The van der Waals surface area contributed by atoms with Gasteiger partial charge in [0.15, 0.2) is 11.9 Å². The van der Waals surface area contributed by atoms with Gasteiger partial charge in [0, 0.05) is 32.1 Å². The Morgan fingerprint density at radius 1 is 0.433 bits per heavy atom. The Morgan fingerprint density at radius 3 is 1.32 bits per heavy atom. The van der Waals surface area contributed by atoms with Crippen molar-refractivity contribution >= 4 is 82.8 Å². The average Bonchev–Trinajstić information content (AvgIpc) is 1.06. The molecule has 30 N–H and O–H groups in total. The van der Waals surface area contributed by atoms with Crippen LogP contribution in [0.15, 0.2) is 70.6 Å². The molecule has 2 rings (SSSR count). The lowest BCUT2D eigenvalue weighted by molar-refractivity contribution is -0.136. The summed E-state index contributed by atoms with van der Waals surface area (Å²) in [6.07, 6.45) is 0.745. The van der Waals surface area contributed by atoms with Crippen molar-refractivity contribution in [3.63, 3.8) is 0 Å². The number of unbranched alkanes of at least 4 members (excludes halogenated alkanes) is 2. The number of guanidine groups is 2. The van der Waals surface area contributed by atoms with E-state index in [0.717, 1.165) is 5.56 Å². The first-order valence-corrected chi connectivity index (χ1v) is 32.0. The molecule has 0 aliphatic heterocycles. The molecule has 0 saturated carbocycles. The van der Waals surface area contributed by atoms with Gasteiger partial charge in [-0.3, -0.25) is 67.5 Å². The summed E-state index contributed by atoms with van der Waals surface area (Å²) in [5.41, 5.74) is 46.5. The van der Waals surface area contributed by atoms with Crippen LogP contribution in [0.1, 0.15) is 96.1 Å². The monoisotopic (exact) mass is 1370 g/mol. The molecule has 0 unspecified atom stereocenters. The number of hydrogen-bond donors (Lipinski definition) is 22. The molecule has 36 heteroatoms. The number of primary amides is 1. The van der Waals surface area contributed by atoms with E-state index < -0.39 is 151 Å². The number of nitrogens with two attached hydrogens (primary N) is 8. The van der Waals surface area contributed by atoms with Crippen LogP contribution in [0.3, 0.4) is 0 Å². The largest absolute Gasteiger partial charge is 0.394 e. The van der Waals surface area contributed by atoms with Crippen molar-refractivity contribution < 1.29 is 67.7 Å². The summed E-state index contributed by atoms with van der Waals surface area (Å²) < 4.78 is 0. The zero-order valence-corrected chi connectivity index (χ0v) is 55.3. The maximum absolute atomic E-state index is 14.1. The number of amides is 12. The van der Waals surface area contributed by atoms with E-state index in [0.29, 0.717) is 44.3 Å². The summed E-state index contributed by atoms with van der Waals surface area (Å²) >= 11 is 0. The van der Waals surface area contributed by atoms with E-state index in [4.69, 9.17) is 45.9 Å². The number of carbonyl (C=O) groups is 12. The van der Waals surface area contributed by atoms with E-state index in [2.05, 4.69) is 73.8 Å². The van der Waals surface area contributed by atoms with E-state index in [1.54, 1.807) is 30.3 Å². The highest BCUT2D eigenvalue weighted by atomic mass is 16.3. The Balaban J connectivity index is 2.17. The van der Waals surface area contributed by atoms with Gasteiger partial charge in [0.2, 0.25) is 70.9 Å². The number of aliphatic hydroxyl groups excluding tert-OH is 2. The van der Waals surface area contributed by atoms with Gasteiger partial charge in [-0.25, -0.2) is 0 Å². The zero-order chi connectivity index (χ0) is 72.4. The summed E-state index contributed by atoms with van der Waals surface area (Å²) in [7, 11) is 0. The summed E-state index contributed by atoms with van der Waals surface area (Å²) in [4.78, 5) is 169. The van der Waals surface area contributed by atoms with Crippen molar-refractivity contribution in [1.82, 2.24) is 63.8 Å². The van der Waals surface area contributed by atoms with Crippen LogP contribution in [0, 0.1) is 0 Å². The highest BCUT2D eigenvalue weighted by Crippen LogP contribution is 2.10. The van der Waals surface area contributed by atoms with Gasteiger partial charge in [-0.1, -0.05) is 60.7 Å². The predicted molar refractivity (Wildman–Crippen MR) is 359 cm³/mol. The highest BCUT2D eigenvalue weighted by Gasteiger charge is 2.34. The zero-order valence-electron chi connectivity index (χ0n) is 55.3. The lowest BCUT2D eigenvalue weighted by Gasteiger charge is -2.26. The van der Waals surface area contributed by atoms with E-state index >= 15 is 0 Å². The third kappa shape index (κ3) is 35.1. The van der Waals surface area contributed by atoms with Crippen LogP contribution in [0.2, 0.25) is 0 Å². The molecule has 36 nitrogen and oxygen atoms in total. The molecule has 0 spiro atoms. The molecule has 0 heterocycles. The number of aliphatic hydroxyl groups is 2. The highest BCUT2D eigenvalue weighted by molar-refractivity contribution is 5.99. The molecule has 0 fully saturated rings. The van der Waals surface area contributed by atoms with Gasteiger partial charge in [0.25, 0.3) is 0 Å². The number of carbonyl (C=O) groups excluding carboxylic acids is 12. The molecule has 0 saturated heterocycles. The van der Waals surface area contributed by atoms with Gasteiger partial charge in [0.1, 0.15) is 54.4 Å². The minimum absolute atomic E-state index is 0.0159. The van der Waals surface area contributed by atoms with Crippen LogP contribution in [-0.4, -0.2) is 219 Å². The maximum atomic E-state index is 14.1. The molecule has 12 amide bonds. The normalized spacial score (nSPS) is 14.3. The molecular formula is C61H102N22O14. The van der Waals surface area contributed by atoms with Crippen LogP contribution >= 0.6 is 0 Å². The minimum Gasteiger partial charge on any atom is -0.394 e. The van der Waals surface area contributed by atoms with E-state index in [1.165, 1.54) is 20.8 Å². The van der Waals surface area contributed by atoms with Crippen molar-refractivity contribution in [2.75, 3.05) is 59.0 Å². The molecule has 0 bridgehead atoms. The number of rotatable bonds is 48. The second kappa shape index (κ2) is 46.5. The molecule has 2 aromatic rings. The van der Waals surface area contributed by atoms with E-state index in [9.17, 15) is 67.7 Å². The van der Waals surface area contributed by atoms with Gasteiger partial charge < -0.3 is 120 Å². The predicted octanol–water partition coefficient (Wildman–Crippen LogP) is -8.75. The summed E-state index contributed by atoms with van der Waals surface area (Å²) in [5, 5.41) is 50.9. The van der Waals surface area contributed by atoms with Crippen LogP contribution < -0.4 is 110 Å². The quantitative estimate of drug-likeness (QED) is 0.0166. The minimum atomic E-state index is -1.72. The number of aliphatic imine (C=N–C) groups is 2. The Bertz CT molecular complexity index is 2900. The molecule has 2 aromatic carbocycles. The second-order valence-corrected chi connectivity index (χ2v) is 23.0. The first-order chi connectivity index (χ1) is 46.1. The SMILES string of the molecule is C[C@H](NC(=O)CNC(=O)[C@@H](NC(=O)[C@H](Cc1ccccc1)NC(=O)CNC(=O)CNC[C@@H](N)Cc1ccccc1)[C@@H](C)O)C(=O)N[C@@H](CCCN=C(N)N)C(=O)N[C@@H](CCCCN)C(=O)N[C@@H](CO)C(=O)N[C@@H](C)C(=O)N[C@@H](CCCN=C(N)N)C(=O)N[C@@H](CCCCN)C(N)=O. The van der Waals surface area contributed by atoms with Crippen LogP contribution in [0.4, 0.5) is 0 Å². The lowest BCUT2D eigenvalue weighted by Crippen LogP contribution is -2.60. The topological polar surface area (TPSA) is 623 Å². The number of benzene rings is 2. The van der Waals surface area contributed by atoms with Gasteiger partial charge in [0.05, 0.1) is 32.3 Å². The molecule has 0 aliphatic carbocycles. The van der Waals surface area contributed by atoms with Crippen molar-refractivity contribution in [1.29, 1.82) is 0 Å². The Kier molecular flexibility index (Phi) is 40.0. The molecule has 11 atom stereocenters.